The summed E-state index contributed by atoms with van der Waals surface area (Å²) in [7, 11) is 1.61. The minimum absolute atomic E-state index is 0.0738. The van der Waals surface area contributed by atoms with Crippen LogP contribution in [0.15, 0.2) is 36.5 Å². The van der Waals surface area contributed by atoms with Crippen LogP contribution in [0.5, 0.6) is 5.75 Å². The number of pyridine rings is 1. The normalized spacial score (nSPS) is 13.3. The van der Waals surface area contributed by atoms with Gasteiger partial charge in [0.15, 0.2) is 0 Å². The van der Waals surface area contributed by atoms with Crippen molar-refractivity contribution in [3.05, 3.63) is 58.9 Å². The van der Waals surface area contributed by atoms with Crippen LogP contribution in [0.3, 0.4) is 0 Å². The van der Waals surface area contributed by atoms with Crippen molar-refractivity contribution >= 4 is 11.9 Å². The molecule has 3 rings (SSSR count). The minimum atomic E-state index is -1.11. The maximum absolute atomic E-state index is 12.6. The van der Waals surface area contributed by atoms with Crippen LogP contribution in [0.2, 0.25) is 0 Å². The lowest BCUT2D eigenvalue weighted by molar-refractivity contribution is 0.0685. The Kier molecular flexibility index (Phi) is 3.97. The third kappa shape index (κ3) is 3.01. The molecule has 1 aliphatic heterocycles. The zero-order valence-corrected chi connectivity index (χ0v) is 12.7. The van der Waals surface area contributed by atoms with Gasteiger partial charge in [-0.25, -0.2) is 9.78 Å². The number of fused-ring (bicyclic) bond motifs is 1. The fraction of sp³-hybridized carbons (Fsp3) is 0.235. The summed E-state index contributed by atoms with van der Waals surface area (Å²) in [6.45, 7) is 1.13. The summed E-state index contributed by atoms with van der Waals surface area (Å²) in [5.74, 6) is -0.489. The largest absolute Gasteiger partial charge is 0.497 e. The first-order valence-electron chi connectivity index (χ1n) is 7.23. The molecule has 0 atom stereocenters. The minimum Gasteiger partial charge on any atom is -0.497 e. The van der Waals surface area contributed by atoms with E-state index in [2.05, 4.69) is 4.98 Å². The molecule has 0 saturated heterocycles. The first kappa shape index (κ1) is 15.0. The Morgan fingerprint density at radius 3 is 2.70 bits per heavy atom. The zero-order chi connectivity index (χ0) is 16.4. The number of rotatable bonds is 3. The molecule has 2 heterocycles. The summed E-state index contributed by atoms with van der Waals surface area (Å²) in [4.78, 5) is 28.9. The third-order valence-corrected chi connectivity index (χ3v) is 3.94. The van der Waals surface area contributed by atoms with Crippen molar-refractivity contribution in [2.75, 3.05) is 13.7 Å². The molecule has 0 saturated carbocycles. The van der Waals surface area contributed by atoms with Gasteiger partial charge >= 0.3 is 5.97 Å². The fourth-order valence-electron chi connectivity index (χ4n) is 2.66. The van der Waals surface area contributed by atoms with Gasteiger partial charge in [0.05, 0.1) is 12.7 Å². The lowest BCUT2D eigenvalue weighted by Gasteiger charge is -2.29. The number of carbonyl (C=O) groups excluding carboxylic acids is 1. The van der Waals surface area contributed by atoms with Gasteiger partial charge in [0.1, 0.15) is 11.4 Å². The lowest BCUT2D eigenvalue weighted by Crippen LogP contribution is -2.36. The molecule has 0 radical (unpaired) electrons. The van der Waals surface area contributed by atoms with Crippen molar-refractivity contribution < 1.29 is 19.4 Å². The average Bonchev–Trinajstić information content (AvgIpc) is 2.60. The molecule has 1 amide bonds. The molecule has 1 aromatic carbocycles. The number of hydrogen-bond donors (Lipinski definition) is 1. The molecular weight excluding hydrogens is 296 g/mol. The summed E-state index contributed by atoms with van der Waals surface area (Å²) in [6.07, 6.45) is 2.10. The van der Waals surface area contributed by atoms with Crippen LogP contribution >= 0.6 is 0 Å². The van der Waals surface area contributed by atoms with Crippen LogP contribution in [-0.4, -0.2) is 40.5 Å². The van der Waals surface area contributed by atoms with Gasteiger partial charge in [0.2, 0.25) is 0 Å². The quantitative estimate of drug-likeness (QED) is 0.937. The maximum Gasteiger partial charge on any atom is 0.354 e. The van der Waals surface area contributed by atoms with E-state index in [9.17, 15) is 9.59 Å². The van der Waals surface area contributed by atoms with Gasteiger partial charge in [-0.3, -0.25) is 4.79 Å². The molecule has 6 nitrogen and oxygen atoms in total. The van der Waals surface area contributed by atoms with Crippen LogP contribution < -0.4 is 4.74 Å². The standard InChI is InChI=1S/C17H16N2O4/c1-23-14-4-2-11-6-7-19(10-13(11)8-14)16(20)12-3-5-15(17(21)22)18-9-12/h2-5,8-9H,6-7,10H2,1H3,(H,21,22). The van der Waals surface area contributed by atoms with E-state index in [1.54, 1.807) is 12.0 Å². The van der Waals surface area contributed by atoms with Crippen LogP contribution in [0, 0.1) is 0 Å². The predicted octanol–water partition coefficient (Wildman–Crippen LogP) is 1.99. The molecule has 0 bridgehead atoms. The number of ether oxygens (including phenoxy) is 1. The Morgan fingerprint density at radius 2 is 2.04 bits per heavy atom. The molecule has 6 heteroatoms. The molecule has 1 N–H and O–H groups in total. The third-order valence-electron chi connectivity index (χ3n) is 3.94. The van der Waals surface area contributed by atoms with E-state index in [1.807, 2.05) is 18.2 Å². The molecule has 0 spiro atoms. The van der Waals surface area contributed by atoms with Gasteiger partial charge in [-0.15, -0.1) is 0 Å². The van der Waals surface area contributed by atoms with Crippen molar-refractivity contribution in [3.8, 4) is 5.75 Å². The second-order valence-corrected chi connectivity index (χ2v) is 5.35. The Labute approximate surface area is 133 Å². The number of aromatic nitrogens is 1. The molecule has 1 aromatic heterocycles. The van der Waals surface area contributed by atoms with E-state index in [0.717, 1.165) is 17.7 Å². The lowest BCUT2D eigenvalue weighted by atomic mass is 9.99. The summed E-state index contributed by atoms with van der Waals surface area (Å²) in [6, 6.07) is 8.74. The number of methoxy groups -OCH3 is 1. The number of aromatic carboxylic acids is 1. The Hall–Kier alpha value is -2.89. The van der Waals surface area contributed by atoms with E-state index < -0.39 is 5.97 Å². The van der Waals surface area contributed by atoms with Crippen molar-refractivity contribution in [1.29, 1.82) is 0 Å². The van der Waals surface area contributed by atoms with Crippen LogP contribution in [0.1, 0.15) is 32.0 Å². The SMILES string of the molecule is COc1ccc2c(c1)CN(C(=O)c1ccc(C(=O)O)nc1)CC2. The first-order chi connectivity index (χ1) is 11.1. The number of nitrogens with zero attached hydrogens (tertiary/aromatic N) is 2. The summed E-state index contributed by atoms with van der Waals surface area (Å²) >= 11 is 0. The highest BCUT2D eigenvalue weighted by Gasteiger charge is 2.22. The molecule has 0 fully saturated rings. The molecular formula is C17H16N2O4. The molecule has 23 heavy (non-hydrogen) atoms. The number of hydrogen-bond acceptors (Lipinski definition) is 4. The van der Waals surface area contributed by atoms with E-state index in [1.165, 1.54) is 23.9 Å². The summed E-state index contributed by atoms with van der Waals surface area (Å²) < 4.78 is 5.23. The molecule has 2 aromatic rings. The number of amides is 1. The highest BCUT2D eigenvalue weighted by atomic mass is 16.5. The Balaban J connectivity index is 1.79. The zero-order valence-electron chi connectivity index (χ0n) is 12.7. The molecule has 118 valence electrons. The smallest absolute Gasteiger partial charge is 0.354 e. The van der Waals surface area contributed by atoms with Crippen molar-refractivity contribution in [3.63, 3.8) is 0 Å². The molecule has 0 unspecified atom stereocenters. The van der Waals surface area contributed by atoms with Crippen LogP contribution in [-0.2, 0) is 13.0 Å². The van der Waals surface area contributed by atoms with E-state index in [-0.39, 0.29) is 11.6 Å². The van der Waals surface area contributed by atoms with Crippen LogP contribution in [0.4, 0.5) is 0 Å². The fourth-order valence-corrected chi connectivity index (χ4v) is 2.66. The summed E-state index contributed by atoms with van der Waals surface area (Å²) in [5, 5.41) is 8.85. The highest BCUT2D eigenvalue weighted by molar-refractivity contribution is 5.95. The maximum atomic E-state index is 12.6. The average molecular weight is 312 g/mol. The van der Waals surface area contributed by atoms with Gasteiger partial charge in [-0.1, -0.05) is 6.07 Å². The van der Waals surface area contributed by atoms with Gasteiger partial charge in [0.25, 0.3) is 5.91 Å². The van der Waals surface area contributed by atoms with Crippen molar-refractivity contribution in [2.45, 2.75) is 13.0 Å². The van der Waals surface area contributed by atoms with Crippen LogP contribution in [0.25, 0.3) is 0 Å². The van der Waals surface area contributed by atoms with Gasteiger partial charge < -0.3 is 14.7 Å². The predicted molar refractivity (Wildman–Crippen MR) is 82.6 cm³/mol. The van der Waals surface area contributed by atoms with E-state index in [4.69, 9.17) is 9.84 Å². The number of carbonyl (C=O) groups is 2. The summed E-state index contributed by atoms with van der Waals surface area (Å²) in [5.41, 5.74) is 2.60. The van der Waals surface area contributed by atoms with Crippen molar-refractivity contribution in [2.24, 2.45) is 0 Å². The van der Waals surface area contributed by atoms with E-state index >= 15 is 0 Å². The molecule has 1 aliphatic rings. The van der Waals surface area contributed by atoms with E-state index in [0.29, 0.717) is 18.7 Å². The Bertz CT molecular complexity index is 756. The molecule has 0 aliphatic carbocycles. The Morgan fingerprint density at radius 1 is 1.22 bits per heavy atom. The first-order valence-corrected chi connectivity index (χ1v) is 7.23. The van der Waals surface area contributed by atoms with Crippen molar-refractivity contribution in [1.82, 2.24) is 9.88 Å². The number of carboxylic acids is 1. The topological polar surface area (TPSA) is 79.7 Å². The second kappa shape index (κ2) is 6.08. The number of carboxylic acid groups (broad SMARTS) is 1. The van der Waals surface area contributed by atoms with Gasteiger partial charge in [-0.05, 0) is 41.8 Å². The number of benzene rings is 1. The van der Waals surface area contributed by atoms with Gasteiger partial charge in [-0.2, -0.15) is 0 Å². The van der Waals surface area contributed by atoms with Gasteiger partial charge in [0, 0.05) is 19.3 Å². The highest BCUT2D eigenvalue weighted by Crippen LogP contribution is 2.24. The second-order valence-electron chi connectivity index (χ2n) is 5.35. The monoisotopic (exact) mass is 312 g/mol.